The summed E-state index contributed by atoms with van der Waals surface area (Å²) in [7, 11) is 0. The second-order valence-corrected chi connectivity index (χ2v) is 10.5. The molecule has 0 amide bonds. The van der Waals surface area contributed by atoms with Crippen molar-refractivity contribution in [3.05, 3.63) is 82.1 Å². The highest BCUT2D eigenvalue weighted by Gasteiger charge is 2.30. The number of allylic oxidation sites excluding steroid dienone is 4. The number of aryl methyl sites for hydroxylation is 1. The molecular formula is C32H36N2O3. The fraction of sp³-hybridized carbons (Fsp3) is 0.344. The molecule has 0 bridgehead atoms. The Labute approximate surface area is 218 Å². The van der Waals surface area contributed by atoms with Crippen LogP contribution in [0.4, 0.5) is 0 Å². The van der Waals surface area contributed by atoms with E-state index in [4.69, 9.17) is 10.5 Å². The van der Waals surface area contributed by atoms with Gasteiger partial charge in [0.1, 0.15) is 12.4 Å². The van der Waals surface area contributed by atoms with E-state index in [1.807, 2.05) is 32.1 Å². The number of benzene rings is 2. The highest BCUT2D eigenvalue weighted by atomic mass is 16.5. The van der Waals surface area contributed by atoms with Gasteiger partial charge in [-0.1, -0.05) is 50.1 Å². The van der Waals surface area contributed by atoms with Crippen molar-refractivity contribution in [1.29, 1.82) is 0 Å². The SMILES string of the molecule is C=C(/C=C\c1c(C)ccc2c1OCCn1c-2c(C2CCCCC2)c2ccc(C(=O)O)cc21)/C(C)=C(\C)N. The molecule has 2 heterocycles. The van der Waals surface area contributed by atoms with Gasteiger partial charge in [-0.05, 0) is 80.0 Å². The summed E-state index contributed by atoms with van der Waals surface area (Å²) in [5.74, 6) is 0.434. The second-order valence-electron chi connectivity index (χ2n) is 10.5. The summed E-state index contributed by atoms with van der Waals surface area (Å²) in [6, 6.07) is 9.93. The third-order valence-electron chi connectivity index (χ3n) is 8.12. The Balaban J connectivity index is 1.75. The molecule has 3 aromatic rings. The maximum Gasteiger partial charge on any atom is 0.335 e. The number of nitrogens with zero attached hydrogens (tertiary/aromatic N) is 1. The number of hydrogen-bond donors (Lipinski definition) is 2. The number of hydrogen-bond acceptors (Lipinski definition) is 3. The molecule has 37 heavy (non-hydrogen) atoms. The Bertz CT molecular complexity index is 1460. The second kappa shape index (κ2) is 9.97. The first-order valence-electron chi connectivity index (χ1n) is 13.2. The van der Waals surface area contributed by atoms with Crippen molar-refractivity contribution >= 4 is 22.9 Å². The largest absolute Gasteiger partial charge is 0.490 e. The lowest BCUT2D eigenvalue weighted by molar-refractivity contribution is 0.0697. The topological polar surface area (TPSA) is 77.5 Å². The Morgan fingerprint density at radius 2 is 1.92 bits per heavy atom. The van der Waals surface area contributed by atoms with Crippen molar-refractivity contribution in [3.8, 4) is 17.0 Å². The van der Waals surface area contributed by atoms with Gasteiger partial charge in [-0.15, -0.1) is 0 Å². The Hall–Kier alpha value is -3.73. The zero-order valence-corrected chi connectivity index (χ0v) is 22.1. The highest BCUT2D eigenvalue weighted by molar-refractivity contribution is 5.99. The highest BCUT2D eigenvalue weighted by Crippen LogP contribution is 2.48. The van der Waals surface area contributed by atoms with Crippen LogP contribution in [-0.4, -0.2) is 22.2 Å². The van der Waals surface area contributed by atoms with Crippen molar-refractivity contribution in [3.63, 3.8) is 0 Å². The van der Waals surface area contributed by atoms with Crippen LogP contribution in [-0.2, 0) is 6.54 Å². The van der Waals surface area contributed by atoms with Crippen molar-refractivity contribution in [2.24, 2.45) is 5.73 Å². The summed E-state index contributed by atoms with van der Waals surface area (Å²) in [5.41, 5.74) is 15.7. The number of aromatic nitrogens is 1. The van der Waals surface area contributed by atoms with Crippen LogP contribution in [0.25, 0.3) is 28.2 Å². The summed E-state index contributed by atoms with van der Waals surface area (Å²) >= 11 is 0. The molecule has 1 fully saturated rings. The van der Waals surface area contributed by atoms with Gasteiger partial charge in [0.05, 0.1) is 17.8 Å². The lowest BCUT2D eigenvalue weighted by Crippen LogP contribution is -2.07. The van der Waals surface area contributed by atoms with E-state index in [1.54, 1.807) is 6.07 Å². The maximum absolute atomic E-state index is 11.8. The number of carbonyl (C=O) groups is 1. The van der Waals surface area contributed by atoms with Crippen LogP contribution < -0.4 is 10.5 Å². The molecule has 0 spiro atoms. The smallest absolute Gasteiger partial charge is 0.335 e. The molecule has 0 radical (unpaired) electrons. The van der Waals surface area contributed by atoms with E-state index in [0.29, 0.717) is 24.6 Å². The Morgan fingerprint density at radius 1 is 1.16 bits per heavy atom. The number of carboxylic acids is 1. The minimum absolute atomic E-state index is 0.318. The minimum Gasteiger partial charge on any atom is -0.490 e. The van der Waals surface area contributed by atoms with Gasteiger partial charge in [0, 0.05) is 27.7 Å². The Kier molecular flexibility index (Phi) is 6.72. The fourth-order valence-electron chi connectivity index (χ4n) is 5.88. The van der Waals surface area contributed by atoms with Gasteiger partial charge in [0.25, 0.3) is 0 Å². The molecule has 0 atom stereocenters. The van der Waals surface area contributed by atoms with E-state index in [9.17, 15) is 9.90 Å². The third-order valence-corrected chi connectivity index (χ3v) is 8.12. The predicted molar refractivity (Wildman–Crippen MR) is 151 cm³/mol. The van der Waals surface area contributed by atoms with Gasteiger partial charge in [-0.2, -0.15) is 0 Å². The summed E-state index contributed by atoms with van der Waals surface area (Å²) in [5, 5.41) is 10.9. The number of carboxylic acid groups (broad SMARTS) is 1. The third kappa shape index (κ3) is 4.48. The van der Waals surface area contributed by atoms with Gasteiger partial charge in [0.15, 0.2) is 0 Å². The number of rotatable bonds is 5. The first-order valence-corrected chi connectivity index (χ1v) is 13.2. The molecule has 0 saturated heterocycles. The van der Waals surface area contributed by atoms with E-state index in [-0.39, 0.29) is 0 Å². The van der Waals surface area contributed by atoms with E-state index in [1.165, 1.54) is 35.9 Å². The van der Waals surface area contributed by atoms with Crippen LogP contribution in [0.2, 0.25) is 0 Å². The van der Waals surface area contributed by atoms with Crippen LogP contribution >= 0.6 is 0 Å². The Morgan fingerprint density at radius 3 is 2.62 bits per heavy atom. The molecule has 1 aliphatic carbocycles. The molecule has 0 unspecified atom stereocenters. The lowest BCUT2D eigenvalue weighted by atomic mass is 9.81. The monoisotopic (exact) mass is 496 g/mol. The first kappa shape index (κ1) is 24.9. The molecule has 1 aliphatic heterocycles. The van der Waals surface area contributed by atoms with Gasteiger partial charge < -0.3 is 20.1 Å². The molecule has 5 nitrogen and oxygen atoms in total. The predicted octanol–water partition coefficient (Wildman–Crippen LogP) is 7.58. The molecule has 1 saturated carbocycles. The summed E-state index contributed by atoms with van der Waals surface area (Å²) < 4.78 is 8.75. The van der Waals surface area contributed by atoms with E-state index < -0.39 is 5.97 Å². The molecule has 3 N–H and O–H groups in total. The number of aromatic carboxylic acids is 1. The fourth-order valence-corrected chi connectivity index (χ4v) is 5.88. The van der Waals surface area contributed by atoms with Crippen molar-refractivity contribution < 1.29 is 14.6 Å². The number of fused-ring (bicyclic) bond motifs is 5. The maximum atomic E-state index is 11.8. The lowest BCUT2D eigenvalue weighted by Gasteiger charge is -2.24. The molecule has 5 heteroatoms. The van der Waals surface area contributed by atoms with E-state index in [0.717, 1.165) is 57.6 Å². The normalized spacial score (nSPS) is 16.6. The summed E-state index contributed by atoms with van der Waals surface area (Å²) in [6.07, 6.45) is 10.2. The zero-order chi connectivity index (χ0) is 26.3. The molecule has 2 aromatic carbocycles. The molecule has 192 valence electrons. The van der Waals surface area contributed by atoms with Gasteiger partial charge in [-0.3, -0.25) is 0 Å². The standard InChI is InChI=1S/C32H36N2O3/c1-19(21(3)22(4)33)10-13-25-20(2)11-14-27-30-29(23-8-6-5-7-9-23)26-15-12-24(32(35)36)18-28(26)34(30)16-17-37-31(25)27/h10-15,18,23H,1,5-9,16-17,33H2,2-4H3,(H,35,36)/b13-10-,22-21+. The number of nitrogens with two attached hydrogens (primary N) is 1. The van der Waals surface area contributed by atoms with Crippen LogP contribution in [0, 0.1) is 6.92 Å². The van der Waals surface area contributed by atoms with Crippen LogP contribution in [0.15, 0.2) is 59.8 Å². The van der Waals surface area contributed by atoms with Crippen molar-refractivity contribution in [2.75, 3.05) is 6.61 Å². The van der Waals surface area contributed by atoms with E-state index in [2.05, 4.69) is 36.3 Å². The summed E-state index contributed by atoms with van der Waals surface area (Å²) in [4.78, 5) is 11.8. The van der Waals surface area contributed by atoms with Crippen molar-refractivity contribution in [2.45, 2.75) is 65.3 Å². The van der Waals surface area contributed by atoms with Crippen LogP contribution in [0.3, 0.4) is 0 Å². The van der Waals surface area contributed by atoms with Crippen LogP contribution in [0.5, 0.6) is 5.75 Å². The van der Waals surface area contributed by atoms with Crippen LogP contribution in [0.1, 0.15) is 78.9 Å². The molecule has 2 aliphatic rings. The molecule has 1 aromatic heterocycles. The summed E-state index contributed by atoms with van der Waals surface area (Å²) in [6.45, 7) is 11.3. The zero-order valence-electron chi connectivity index (χ0n) is 22.1. The van der Waals surface area contributed by atoms with E-state index >= 15 is 0 Å². The molecule has 5 rings (SSSR count). The minimum atomic E-state index is -0.901. The number of ether oxygens (including phenoxy) is 1. The van der Waals surface area contributed by atoms with Gasteiger partial charge in [-0.25, -0.2) is 4.79 Å². The van der Waals surface area contributed by atoms with Gasteiger partial charge >= 0.3 is 5.97 Å². The quantitative estimate of drug-likeness (QED) is 0.357. The molecular weight excluding hydrogens is 460 g/mol. The van der Waals surface area contributed by atoms with Gasteiger partial charge in [0.2, 0.25) is 0 Å². The average Bonchev–Trinajstić information content (AvgIpc) is 3.08. The first-order chi connectivity index (χ1) is 17.8. The van der Waals surface area contributed by atoms with Crippen molar-refractivity contribution in [1.82, 2.24) is 4.57 Å². The average molecular weight is 497 g/mol.